The van der Waals surface area contributed by atoms with Crippen LogP contribution in [-0.4, -0.2) is 5.91 Å². The van der Waals surface area contributed by atoms with E-state index in [0.29, 0.717) is 11.3 Å². The van der Waals surface area contributed by atoms with Gasteiger partial charge >= 0.3 is 0 Å². The van der Waals surface area contributed by atoms with Gasteiger partial charge in [-0.05, 0) is 38.1 Å². The minimum absolute atomic E-state index is 0.289. The van der Waals surface area contributed by atoms with Gasteiger partial charge in [0.2, 0.25) is 0 Å². The van der Waals surface area contributed by atoms with E-state index in [9.17, 15) is 4.79 Å². The van der Waals surface area contributed by atoms with Crippen LogP contribution in [0.1, 0.15) is 36.7 Å². The van der Waals surface area contributed by atoms with E-state index < -0.39 is 0 Å². The molecule has 3 heteroatoms. The third-order valence-corrected chi connectivity index (χ3v) is 2.23. The first-order valence-corrected chi connectivity index (χ1v) is 6.66. The molecule has 0 atom stereocenters. The maximum atomic E-state index is 11.7. The normalized spacial score (nSPS) is 10.5. The minimum Gasteiger partial charge on any atom is -0.379 e. The van der Waals surface area contributed by atoms with Crippen molar-refractivity contribution in [2.24, 2.45) is 0 Å². The van der Waals surface area contributed by atoms with Crippen molar-refractivity contribution in [3.05, 3.63) is 72.0 Å². The van der Waals surface area contributed by atoms with Crippen LogP contribution < -0.4 is 5.48 Å². The van der Waals surface area contributed by atoms with Crippen molar-refractivity contribution in [3.63, 3.8) is 0 Å². The van der Waals surface area contributed by atoms with Crippen LogP contribution in [0.3, 0.4) is 0 Å². The van der Waals surface area contributed by atoms with E-state index >= 15 is 0 Å². The second-order valence-corrected chi connectivity index (χ2v) is 3.70. The summed E-state index contributed by atoms with van der Waals surface area (Å²) in [6.07, 6.45) is 6.89. The zero-order valence-corrected chi connectivity index (χ0v) is 12.6. The third kappa shape index (κ3) is 6.59. The van der Waals surface area contributed by atoms with Gasteiger partial charge in [-0.3, -0.25) is 4.79 Å². The minimum atomic E-state index is -0.289. The van der Waals surface area contributed by atoms with Crippen LogP contribution in [-0.2, 0) is 4.84 Å². The Balaban J connectivity index is 0.00000172. The molecule has 0 spiro atoms. The van der Waals surface area contributed by atoms with Gasteiger partial charge in [-0.15, -0.1) is 0 Å². The van der Waals surface area contributed by atoms with Crippen LogP contribution in [0.4, 0.5) is 0 Å². The Morgan fingerprint density at radius 3 is 2.35 bits per heavy atom. The molecule has 20 heavy (non-hydrogen) atoms. The molecule has 0 saturated heterocycles. The highest BCUT2D eigenvalue weighted by atomic mass is 16.7. The predicted octanol–water partition coefficient (Wildman–Crippen LogP) is 4.33. The van der Waals surface area contributed by atoms with Crippen molar-refractivity contribution in [2.75, 3.05) is 0 Å². The zero-order chi connectivity index (χ0) is 15.4. The van der Waals surface area contributed by atoms with Crippen LogP contribution in [0.2, 0.25) is 0 Å². The summed E-state index contributed by atoms with van der Waals surface area (Å²) in [5, 5.41) is 0. The summed E-state index contributed by atoms with van der Waals surface area (Å²) in [7, 11) is 0. The number of hydrogen-bond donors (Lipinski definition) is 1. The largest absolute Gasteiger partial charge is 0.379 e. The lowest BCUT2D eigenvalue weighted by molar-refractivity contribution is 0.0608. The molecule has 0 aliphatic carbocycles. The molecule has 1 rings (SSSR count). The Kier molecular flexibility index (Phi) is 9.40. The van der Waals surface area contributed by atoms with Crippen molar-refractivity contribution >= 4 is 5.91 Å². The Labute approximate surface area is 121 Å². The van der Waals surface area contributed by atoms with E-state index in [1.165, 1.54) is 6.08 Å². The summed E-state index contributed by atoms with van der Waals surface area (Å²) in [4.78, 5) is 16.9. The van der Waals surface area contributed by atoms with Gasteiger partial charge in [0.1, 0.15) is 0 Å². The average molecular weight is 273 g/mol. The summed E-state index contributed by atoms with van der Waals surface area (Å²) in [6, 6.07) is 7.24. The molecule has 0 radical (unpaired) electrons. The Morgan fingerprint density at radius 2 is 1.85 bits per heavy atom. The second-order valence-electron chi connectivity index (χ2n) is 3.70. The topological polar surface area (TPSA) is 38.3 Å². The molecule has 0 heterocycles. The van der Waals surface area contributed by atoms with E-state index in [2.05, 4.69) is 12.1 Å². The highest BCUT2D eigenvalue weighted by Gasteiger charge is 2.05. The van der Waals surface area contributed by atoms with Gasteiger partial charge in [0.25, 0.3) is 5.91 Å². The summed E-state index contributed by atoms with van der Waals surface area (Å²) >= 11 is 0. The molecule has 1 aromatic carbocycles. The third-order valence-electron chi connectivity index (χ3n) is 2.23. The van der Waals surface area contributed by atoms with Crippen molar-refractivity contribution in [1.29, 1.82) is 0 Å². The lowest BCUT2D eigenvalue weighted by Gasteiger charge is -2.07. The molecule has 3 nitrogen and oxygen atoms in total. The average Bonchev–Trinajstić information content (AvgIpc) is 2.50. The standard InChI is InChI=1S/C15H17NO2.C2H6/c1-4-6-7-14(5-2)18-16-15(17)13-10-8-12(3)9-11-13;1-2/h4-11H,2H2,1,3H3,(H,16,17);1-2H3/b6-4-,14-7+;. The van der Waals surface area contributed by atoms with Gasteiger partial charge in [0.15, 0.2) is 5.76 Å². The number of aryl methyl sites for hydroxylation is 1. The van der Waals surface area contributed by atoms with Crippen molar-refractivity contribution < 1.29 is 9.63 Å². The second kappa shape index (κ2) is 10.6. The van der Waals surface area contributed by atoms with Gasteiger partial charge < -0.3 is 4.84 Å². The lowest BCUT2D eigenvalue weighted by atomic mass is 10.1. The van der Waals surface area contributed by atoms with Gasteiger partial charge in [-0.25, -0.2) is 0 Å². The number of hydroxylamine groups is 1. The van der Waals surface area contributed by atoms with Crippen LogP contribution in [0.25, 0.3) is 0 Å². The van der Waals surface area contributed by atoms with E-state index in [4.69, 9.17) is 4.84 Å². The smallest absolute Gasteiger partial charge is 0.283 e. The van der Waals surface area contributed by atoms with E-state index in [0.717, 1.165) is 5.56 Å². The first-order valence-electron chi connectivity index (χ1n) is 6.66. The summed E-state index contributed by atoms with van der Waals surface area (Å²) < 4.78 is 0. The Morgan fingerprint density at radius 1 is 1.25 bits per heavy atom. The molecule has 1 aromatic rings. The molecular formula is C17H23NO2. The summed E-state index contributed by atoms with van der Waals surface area (Å²) in [6.45, 7) is 11.5. The Bertz CT molecular complexity index is 470. The van der Waals surface area contributed by atoms with Gasteiger partial charge in [-0.2, -0.15) is 5.48 Å². The fraction of sp³-hybridized carbons (Fsp3) is 0.235. The quantitative estimate of drug-likeness (QED) is 0.492. The van der Waals surface area contributed by atoms with Crippen LogP contribution in [0.5, 0.6) is 0 Å². The number of rotatable bonds is 5. The number of benzene rings is 1. The first-order chi connectivity index (χ1) is 9.67. The zero-order valence-electron chi connectivity index (χ0n) is 12.6. The molecule has 0 bridgehead atoms. The molecule has 0 saturated carbocycles. The summed E-state index contributed by atoms with van der Waals surface area (Å²) in [5.74, 6) is 0.191. The number of carbonyl (C=O) groups is 1. The summed E-state index contributed by atoms with van der Waals surface area (Å²) in [5.41, 5.74) is 4.02. The fourth-order valence-corrected chi connectivity index (χ4v) is 1.20. The molecule has 1 N–H and O–H groups in total. The number of nitrogens with one attached hydrogen (secondary N) is 1. The highest BCUT2D eigenvalue weighted by molar-refractivity contribution is 5.93. The van der Waals surface area contributed by atoms with Crippen LogP contribution >= 0.6 is 0 Å². The molecule has 0 unspecified atom stereocenters. The lowest BCUT2D eigenvalue weighted by Crippen LogP contribution is -2.23. The van der Waals surface area contributed by atoms with Gasteiger partial charge in [-0.1, -0.05) is 50.3 Å². The molecule has 108 valence electrons. The van der Waals surface area contributed by atoms with Crippen LogP contribution in [0.15, 0.2) is 60.9 Å². The van der Waals surface area contributed by atoms with Gasteiger partial charge in [0.05, 0.1) is 0 Å². The highest BCUT2D eigenvalue weighted by Crippen LogP contribution is 2.04. The SMILES string of the molecule is C=C/C(=C\C=C/C)ONC(=O)c1ccc(C)cc1.CC. The van der Waals surface area contributed by atoms with Crippen LogP contribution in [0, 0.1) is 6.92 Å². The monoisotopic (exact) mass is 273 g/mol. The molecule has 0 aromatic heterocycles. The van der Waals surface area contributed by atoms with E-state index in [-0.39, 0.29) is 5.91 Å². The fourth-order valence-electron chi connectivity index (χ4n) is 1.20. The van der Waals surface area contributed by atoms with Crippen molar-refractivity contribution in [3.8, 4) is 0 Å². The number of carbonyl (C=O) groups excluding carboxylic acids is 1. The maximum Gasteiger partial charge on any atom is 0.283 e. The molecule has 1 amide bonds. The van der Waals surface area contributed by atoms with Gasteiger partial charge in [0, 0.05) is 5.56 Å². The first kappa shape index (κ1) is 17.7. The molecule has 0 aliphatic rings. The number of amides is 1. The van der Waals surface area contributed by atoms with Crippen molar-refractivity contribution in [1.82, 2.24) is 5.48 Å². The molecule has 0 fully saturated rings. The predicted molar refractivity (Wildman–Crippen MR) is 84.2 cm³/mol. The molecular weight excluding hydrogens is 250 g/mol. The van der Waals surface area contributed by atoms with E-state index in [1.54, 1.807) is 24.3 Å². The molecule has 0 aliphatic heterocycles. The maximum absolute atomic E-state index is 11.7. The number of hydrogen-bond acceptors (Lipinski definition) is 2. The van der Waals surface area contributed by atoms with E-state index in [1.807, 2.05) is 45.9 Å². The number of allylic oxidation sites excluding steroid dienone is 4. The Hall–Kier alpha value is -2.29. The van der Waals surface area contributed by atoms with Crippen molar-refractivity contribution in [2.45, 2.75) is 27.7 Å².